The highest BCUT2D eigenvalue weighted by atomic mass is 35.5. The molecule has 33 heavy (non-hydrogen) atoms. The summed E-state index contributed by atoms with van der Waals surface area (Å²) in [5.74, 6) is 0.316. The fourth-order valence-corrected chi connectivity index (χ4v) is 6.56. The van der Waals surface area contributed by atoms with Gasteiger partial charge in [0.25, 0.3) is 10.0 Å². The van der Waals surface area contributed by atoms with E-state index in [0.717, 1.165) is 34.4 Å². The van der Waals surface area contributed by atoms with Crippen LogP contribution in [-0.2, 0) is 10.0 Å². The Morgan fingerprint density at radius 2 is 1.73 bits per heavy atom. The summed E-state index contributed by atoms with van der Waals surface area (Å²) < 4.78 is 29.1. The van der Waals surface area contributed by atoms with E-state index in [-0.39, 0.29) is 22.8 Å². The van der Waals surface area contributed by atoms with Crippen LogP contribution in [0.15, 0.2) is 71.6 Å². The third-order valence-corrected chi connectivity index (χ3v) is 8.65. The molecule has 0 fully saturated rings. The second-order valence-corrected chi connectivity index (χ2v) is 11.3. The average molecular weight is 499 g/mol. The lowest BCUT2D eigenvalue weighted by atomic mass is 9.77. The van der Waals surface area contributed by atoms with Gasteiger partial charge in [0.2, 0.25) is 0 Å². The molecule has 0 amide bonds. The summed E-state index contributed by atoms with van der Waals surface area (Å²) in [6, 6.07) is 16.6. The maximum atomic E-state index is 13.2. The first-order valence-electron chi connectivity index (χ1n) is 10.8. The standard InChI is InChI=1S/C26H24Cl2N2O2S/c1-15-11-16(2)13-17(12-15)30-33(31,32)18-9-10-24-22(14-18)19-5-3-6-20(19)26(29-24)21-7-4-8-23(27)25(21)28/h3-5,7-14,19-20,26,29-30H,6H2,1-2H3. The van der Waals surface area contributed by atoms with Gasteiger partial charge in [0, 0.05) is 17.3 Å². The molecule has 4 nitrogen and oxygen atoms in total. The first-order chi connectivity index (χ1) is 15.7. The van der Waals surface area contributed by atoms with Crippen molar-refractivity contribution in [3.05, 3.63) is 99.0 Å². The largest absolute Gasteiger partial charge is 0.378 e. The molecule has 170 valence electrons. The zero-order valence-electron chi connectivity index (χ0n) is 18.3. The van der Waals surface area contributed by atoms with Gasteiger partial charge in [-0.15, -0.1) is 0 Å². The van der Waals surface area contributed by atoms with Crippen LogP contribution in [0.3, 0.4) is 0 Å². The molecule has 0 saturated carbocycles. The van der Waals surface area contributed by atoms with Crippen LogP contribution >= 0.6 is 23.2 Å². The zero-order valence-corrected chi connectivity index (χ0v) is 20.6. The van der Waals surface area contributed by atoms with E-state index < -0.39 is 10.0 Å². The van der Waals surface area contributed by atoms with E-state index in [1.165, 1.54) is 0 Å². The van der Waals surface area contributed by atoms with Crippen LogP contribution in [0.2, 0.25) is 10.0 Å². The van der Waals surface area contributed by atoms with Crippen LogP contribution in [0.1, 0.15) is 40.6 Å². The molecular weight excluding hydrogens is 475 g/mol. The number of aryl methyl sites for hydroxylation is 2. The second kappa shape index (κ2) is 8.39. The van der Waals surface area contributed by atoms with Gasteiger partial charge in [-0.05, 0) is 84.8 Å². The summed E-state index contributed by atoms with van der Waals surface area (Å²) in [7, 11) is -3.73. The summed E-state index contributed by atoms with van der Waals surface area (Å²) in [6.07, 6.45) is 5.21. The summed E-state index contributed by atoms with van der Waals surface area (Å²) in [5, 5.41) is 4.69. The van der Waals surface area contributed by atoms with Gasteiger partial charge in [0.1, 0.15) is 0 Å². The van der Waals surface area contributed by atoms with E-state index in [1.54, 1.807) is 18.2 Å². The van der Waals surface area contributed by atoms with Crippen molar-refractivity contribution in [1.82, 2.24) is 0 Å². The summed E-state index contributed by atoms with van der Waals surface area (Å²) in [6.45, 7) is 3.90. The molecule has 0 saturated heterocycles. The number of hydrogen-bond donors (Lipinski definition) is 2. The second-order valence-electron chi connectivity index (χ2n) is 8.85. The van der Waals surface area contributed by atoms with Gasteiger partial charge in [-0.2, -0.15) is 0 Å². The fourth-order valence-electron chi connectivity index (χ4n) is 5.06. The normalized spacial score (nSPS) is 21.3. The molecular formula is C26H24Cl2N2O2S. The Labute approximate surface area is 204 Å². The number of hydrogen-bond acceptors (Lipinski definition) is 3. The molecule has 3 unspecified atom stereocenters. The van der Waals surface area contributed by atoms with Crippen molar-refractivity contribution in [2.45, 2.75) is 37.1 Å². The molecule has 1 aliphatic carbocycles. The molecule has 0 bridgehead atoms. The van der Waals surface area contributed by atoms with Crippen LogP contribution in [0.4, 0.5) is 11.4 Å². The van der Waals surface area contributed by atoms with Crippen molar-refractivity contribution in [2.24, 2.45) is 5.92 Å². The Morgan fingerprint density at radius 3 is 2.48 bits per heavy atom. The maximum absolute atomic E-state index is 13.2. The number of allylic oxidation sites excluding steroid dienone is 2. The van der Waals surface area contributed by atoms with Crippen molar-refractivity contribution in [1.29, 1.82) is 0 Å². The molecule has 1 heterocycles. The summed E-state index contributed by atoms with van der Waals surface area (Å²) in [4.78, 5) is 0.250. The van der Waals surface area contributed by atoms with Gasteiger partial charge in [-0.1, -0.05) is 53.6 Å². The maximum Gasteiger partial charge on any atom is 0.261 e. The number of fused-ring (bicyclic) bond motifs is 3. The van der Waals surface area contributed by atoms with Gasteiger partial charge in [0.15, 0.2) is 0 Å². The monoisotopic (exact) mass is 498 g/mol. The Bertz CT molecular complexity index is 1360. The molecule has 7 heteroatoms. The van der Waals surface area contributed by atoms with Crippen LogP contribution in [0.25, 0.3) is 0 Å². The summed E-state index contributed by atoms with van der Waals surface area (Å²) in [5.41, 5.74) is 5.43. The molecule has 2 aliphatic rings. The number of anilines is 2. The molecule has 3 atom stereocenters. The minimum absolute atomic E-state index is 0.0143. The molecule has 5 rings (SSSR count). The average Bonchev–Trinajstić information content (AvgIpc) is 3.24. The number of sulfonamides is 1. The van der Waals surface area contributed by atoms with Crippen molar-refractivity contribution in [3.8, 4) is 0 Å². The van der Waals surface area contributed by atoms with Crippen LogP contribution < -0.4 is 10.0 Å². The predicted octanol–water partition coefficient (Wildman–Crippen LogP) is 7.24. The third-order valence-electron chi connectivity index (χ3n) is 6.43. The van der Waals surface area contributed by atoms with Crippen molar-refractivity contribution < 1.29 is 8.42 Å². The Kier molecular flexibility index (Phi) is 5.68. The zero-order chi connectivity index (χ0) is 23.3. The SMILES string of the molecule is Cc1cc(C)cc(NS(=O)(=O)c2ccc3c(c2)C2C=CCC2C(c2cccc(Cl)c2Cl)N3)c1. The molecule has 2 N–H and O–H groups in total. The number of rotatable bonds is 4. The van der Waals surface area contributed by atoms with E-state index >= 15 is 0 Å². The highest BCUT2D eigenvalue weighted by Gasteiger charge is 2.39. The molecule has 3 aromatic rings. The smallest absolute Gasteiger partial charge is 0.261 e. The number of halogens is 2. The lowest BCUT2D eigenvalue weighted by Crippen LogP contribution is -2.29. The topological polar surface area (TPSA) is 58.2 Å². The molecule has 0 spiro atoms. The lowest BCUT2D eigenvalue weighted by molar-refractivity contribution is 0.425. The van der Waals surface area contributed by atoms with Crippen molar-refractivity contribution in [3.63, 3.8) is 0 Å². The minimum Gasteiger partial charge on any atom is -0.378 e. The van der Waals surface area contributed by atoms with Crippen LogP contribution in [-0.4, -0.2) is 8.42 Å². The van der Waals surface area contributed by atoms with Gasteiger partial charge >= 0.3 is 0 Å². The quantitative estimate of drug-likeness (QED) is 0.372. The minimum atomic E-state index is -3.73. The number of nitrogens with one attached hydrogen (secondary N) is 2. The Morgan fingerprint density at radius 1 is 0.970 bits per heavy atom. The fraction of sp³-hybridized carbons (Fsp3) is 0.231. The molecule has 3 aromatic carbocycles. The van der Waals surface area contributed by atoms with E-state index in [9.17, 15) is 8.42 Å². The van der Waals surface area contributed by atoms with Crippen molar-refractivity contribution in [2.75, 3.05) is 10.0 Å². The molecule has 1 aliphatic heterocycles. The van der Waals surface area contributed by atoms with E-state index in [0.29, 0.717) is 15.7 Å². The van der Waals surface area contributed by atoms with Gasteiger partial charge in [-0.25, -0.2) is 8.42 Å². The number of benzene rings is 3. The third kappa shape index (κ3) is 4.14. The highest BCUT2D eigenvalue weighted by Crippen LogP contribution is 2.51. The molecule has 0 radical (unpaired) electrons. The highest BCUT2D eigenvalue weighted by molar-refractivity contribution is 7.92. The molecule has 0 aromatic heterocycles. The van der Waals surface area contributed by atoms with Crippen molar-refractivity contribution >= 4 is 44.6 Å². The Hall–Kier alpha value is -2.47. The van der Waals surface area contributed by atoms with Gasteiger partial charge in [-0.3, -0.25) is 4.72 Å². The van der Waals surface area contributed by atoms with E-state index in [4.69, 9.17) is 23.2 Å². The summed E-state index contributed by atoms with van der Waals surface area (Å²) >= 11 is 12.8. The predicted molar refractivity (Wildman–Crippen MR) is 136 cm³/mol. The van der Waals surface area contributed by atoms with E-state index in [1.807, 2.05) is 50.2 Å². The first-order valence-corrected chi connectivity index (χ1v) is 13.1. The lowest BCUT2D eigenvalue weighted by Gasteiger charge is -2.38. The van der Waals surface area contributed by atoms with Crippen LogP contribution in [0.5, 0.6) is 0 Å². The van der Waals surface area contributed by atoms with E-state index in [2.05, 4.69) is 22.2 Å². The first kappa shape index (κ1) is 22.3. The Balaban J connectivity index is 1.51. The van der Waals surface area contributed by atoms with Gasteiger partial charge in [0.05, 0.1) is 21.0 Å². The van der Waals surface area contributed by atoms with Crippen LogP contribution in [0, 0.1) is 19.8 Å². The van der Waals surface area contributed by atoms with Gasteiger partial charge < -0.3 is 5.32 Å².